The Labute approximate surface area is 109 Å². The molecule has 0 bridgehead atoms. The van der Waals surface area contributed by atoms with E-state index in [0.717, 1.165) is 11.5 Å². The van der Waals surface area contributed by atoms with Crippen LogP contribution >= 0.6 is 0 Å². The van der Waals surface area contributed by atoms with Crippen LogP contribution in [0.4, 0.5) is 5.82 Å². The highest BCUT2D eigenvalue weighted by Crippen LogP contribution is 2.25. The lowest BCUT2D eigenvalue weighted by molar-refractivity contribution is 0.733. The van der Waals surface area contributed by atoms with E-state index in [1.54, 1.807) is 0 Å². The average molecular weight is 243 g/mol. The molecule has 0 radical (unpaired) electrons. The van der Waals surface area contributed by atoms with E-state index in [0.29, 0.717) is 5.92 Å². The highest BCUT2D eigenvalue weighted by atomic mass is 15.3. The van der Waals surface area contributed by atoms with Gasteiger partial charge in [-0.3, -0.25) is 4.68 Å². The first-order chi connectivity index (χ1) is 8.65. The van der Waals surface area contributed by atoms with Crippen LogP contribution in [0.2, 0.25) is 0 Å². The van der Waals surface area contributed by atoms with E-state index in [9.17, 15) is 0 Å². The summed E-state index contributed by atoms with van der Waals surface area (Å²) in [6.07, 6.45) is 1.18. The third-order valence-corrected chi connectivity index (χ3v) is 3.52. The van der Waals surface area contributed by atoms with Crippen LogP contribution in [0.25, 0.3) is 11.3 Å². The van der Waals surface area contributed by atoms with Crippen molar-refractivity contribution in [1.82, 2.24) is 9.78 Å². The van der Waals surface area contributed by atoms with Gasteiger partial charge in [-0.15, -0.1) is 0 Å². The lowest BCUT2D eigenvalue weighted by Gasteiger charge is -2.09. The molecule has 0 saturated carbocycles. The van der Waals surface area contributed by atoms with Gasteiger partial charge >= 0.3 is 0 Å². The SMILES string of the molecule is CCC(C)c1ccc(-c2cc(NC)nn2C)cc1. The van der Waals surface area contributed by atoms with Crippen molar-refractivity contribution >= 4 is 5.82 Å². The molecule has 2 rings (SSSR count). The van der Waals surface area contributed by atoms with Crippen LogP contribution in [-0.4, -0.2) is 16.8 Å². The number of hydrogen-bond acceptors (Lipinski definition) is 2. The monoisotopic (exact) mass is 243 g/mol. The maximum Gasteiger partial charge on any atom is 0.148 e. The average Bonchev–Trinajstić information content (AvgIpc) is 2.79. The summed E-state index contributed by atoms with van der Waals surface area (Å²) in [5, 5.41) is 7.45. The highest BCUT2D eigenvalue weighted by molar-refractivity contribution is 5.63. The van der Waals surface area contributed by atoms with Crippen molar-refractivity contribution in [2.24, 2.45) is 7.05 Å². The molecule has 0 fully saturated rings. The lowest BCUT2D eigenvalue weighted by atomic mass is 9.97. The van der Waals surface area contributed by atoms with Gasteiger partial charge in [-0.05, 0) is 23.5 Å². The third-order valence-electron chi connectivity index (χ3n) is 3.52. The topological polar surface area (TPSA) is 29.9 Å². The van der Waals surface area contributed by atoms with Gasteiger partial charge in [0.05, 0.1) is 5.69 Å². The first-order valence-electron chi connectivity index (χ1n) is 6.47. The van der Waals surface area contributed by atoms with Crippen molar-refractivity contribution in [2.45, 2.75) is 26.2 Å². The first-order valence-corrected chi connectivity index (χ1v) is 6.47. The molecule has 1 N–H and O–H groups in total. The Hall–Kier alpha value is -1.77. The Morgan fingerprint density at radius 2 is 1.94 bits per heavy atom. The summed E-state index contributed by atoms with van der Waals surface area (Å²) in [6, 6.07) is 10.9. The van der Waals surface area contributed by atoms with Crippen molar-refractivity contribution in [3.8, 4) is 11.3 Å². The minimum absolute atomic E-state index is 0.624. The van der Waals surface area contributed by atoms with Gasteiger partial charge in [-0.25, -0.2) is 0 Å². The van der Waals surface area contributed by atoms with Crippen LogP contribution in [0.15, 0.2) is 30.3 Å². The summed E-state index contributed by atoms with van der Waals surface area (Å²) in [5.74, 6) is 1.52. The van der Waals surface area contributed by atoms with E-state index >= 15 is 0 Å². The molecule has 0 aliphatic heterocycles. The summed E-state index contributed by atoms with van der Waals surface area (Å²) in [4.78, 5) is 0. The Kier molecular flexibility index (Phi) is 3.70. The molecule has 3 heteroatoms. The zero-order chi connectivity index (χ0) is 13.1. The number of nitrogens with zero attached hydrogens (tertiary/aromatic N) is 2. The standard InChI is InChI=1S/C15H21N3/c1-5-11(2)12-6-8-13(9-7-12)14-10-15(16-3)17-18(14)4/h6-11H,5H2,1-4H3,(H,16,17). The van der Waals surface area contributed by atoms with Crippen molar-refractivity contribution < 1.29 is 0 Å². The summed E-state index contributed by atoms with van der Waals surface area (Å²) >= 11 is 0. The van der Waals surface area contributed by atoms with Gasteiger partial charge in [0.25, 0.3) is 0 Å². The van der Waals surface area contributed by atoms with Crippen molar-refractivity contribution in [3.63, 3.8) is 0 Å². The zero-order valence-electron chi connectivity index (χ0n) is 11.6. The molecule has 0 aliphatic carbocycles. The lowest BCUT2D eigenvalue weighted by Crippen LogP contribution is -1.95. The van der Waals surface area contributed by atoms with Gasteiger partial charge in [0.1, 0.15) is 5.82 Å². The van der Waals surface area contributed by atoms with Crippen molar-refractivity contribution in [3.05, 3.63) is 35.9 Å². The van der Waals surface area contributed by atoms with Gasteiger partial charge < -0.3 is 5.32 Å². The smallest absolute Gasteiger partial charge is 0.148 e. The highest BCUT2D eigenvalue weighted by Gasteiger charge is 2.07. The predicted octanol–water partition coefficient (Wildman–Crippen LogP) is 3.64. The second-order valence-corrected chi connectivity index (χ2v) is 4.72. The Balaban J connectivity index is 2.31. The fourth-order valence-electron chi connectivity index (χ4n) is 2.08. The second-order valence-electron chi connectivity index (χ2n) is 4.72. The quantitative estimate of drug-likeness (QED) is 0.888. The molecule has 3 nitrogen and oxygen atoms in total. The number of nitrogens with one attached hydrogen (secondary N) is 1. The number of aromatic nitrogens is 2. The molecule has 1 unspecified atom stereocenters. The molecule has 1 heterocycles. The zero-order valence-corrected chi connectivity index (χ0v) is 11.6. The summed E-state index contributed by atoms with van der Waals surface area (Å²) in [5.41, 5.74) is 3.74. The molecule has 0 saturated heterocycles. The van der Waals surface area contributed by atoms with Gasteiger partial charge in [-0.2, -0.15) is 5.10 Å². The molecule has 1 aromatic heterocycles. The fraction of sp³-hybridized carbons (Fsp3) is 0.400. The molecule has 0 spiro atoms. The number of anilines is 1. The number of aryl methyl sites for hydroxylation is 1. The molecule has 18 heavy (non-hydrogen) atoms. The Morgan fingerprint density at radius 1 is 1.28 bits per heavy atom. The molecule has 0 amide bonds. The van der Waals surface area contributed by atoms with Crippen molar-refractivity contribution in [2.75, 3.05) is 12.4 Å². The maximum absolute atomic E-state index is 4.38. The van der Waals surface area contributed by atoms with E-state index in [2.05, 4.69) is 54.6 Å². The minimum Gasteiger partial charge on any atom is -0.372 e. The minimum atomic E-state index is 0.624. The second kappa shape index (κ2) is 5.25. The van der Waals surface area contributed by atoms with Gasteiger partial charge in [0.15, 0.2) is 0 Å². The third kappa shape index (κ3) is 2.40. The van der Waals surface area contributed by atoms with E-state index in [1.807, 2.05) is 18.8 Å². The molecular weight excluding hydrogens is 222 g/mol. The molecular formula is C15H21N3. The van der Waals surface area contributed by atoms with Crippen LogP contribution in [0.5, 0.6) is 0 Å². The van der Waals surface area contributed by atoms with Crippen LogP contribution in [-0.2, 0) is 7.05 Å². The summed E-state index contributed by atoms with van der Waals surface area (Å²) in [6.45, 7) is 4.48. The van der Waals surface area contributed by atoms with E-state index in [-0.39, 0.29) is 0 Å². The van der Waals surface area contributed by atoms with Gasteiger partial charge in [0, 0.05) is 20.2 Å². The fourth-order valence-corrected chi connectivity index (χ4v) is 2.08. The largest absolute Gasteiger partial charge is 0.372 e. The normalized spacial score (nSPS) is 12.4. The maximum atomic E-state index is 4.38. The number of hydrogen-bond donors (Lipinski definition) is 1. The van der Waals surface area contributed by atoms with E-state index in [1.165, 1.54) is 17.5 Å². The molecule has 2 aromatic rings. The molecule has 1 aromatic carbocycles. The van der Waals surface area contributed by atoms with Crippen LogP contribution in [0, 0.1) is 0 Å². The van der Waals surface area contributed by atoms with Gasteiger partial charge in [0.2, 0.25) is 0 Å². The van der Waals surface area contributed by atoms with E-state index < -0.39 is 0 Å². The van der Waals surface area contributed by atoms with Crippen molar-refractivity contribution in [1.29, 1.82) is 0 Å². The van der Waals surface area contributed by atoms with Crippen LogP contribution < -0.4 is 5.32 Å². The predicted molar refractivity (Wildman–Crippen MR) is 76.9 cm³/mol. The summed E-state index contributed by atoms with van der Waals surface area (Å²) < 4.78 is 1.91. The number of rotatable bonds is 4. The first kappa shape index (κ1) is 12.7. The number of benzene rings is 1. The molecule has 0 aliphatic rings. The van der Waals surface area contributed by atoms with Crippen LogP contribution in [0.1, 0.15) is 31.7 Å². The molecule has 1 atom stereocenters. The Morgan fingerprint density at radius 3 is 2.44 bits per heavy atom. The molecule has 96 valence electrons. The summed E-state index contributed by atoms with van der Waals surface area (Å²) in [7, 11) is 3.86. The van der Waals surface area contributed by atoms with Crippen LogP contribution in [0.3, 0.4) is 0 Å². The van der Waals surface area contributed by atoms with E-state index in [4.69, 9.17) is 0 Å². The Bertz CT molecular complexity index is 511. The van der Waals surface area contributed by atoms with Gasteiger partial charge in [-0.1, -0.05) is 38.1 Å².